The van der Waals surface area contributed by atoms with Gasteiger partial charge in [0, 0.05) is 43.7 Å². The summed E-state index contributed by atoms with van der Waals surface area (Å²) in [6, 6.07) is 6.12. The van der Waals surface area contributed by atoms with Crippen molar-refractivity contribution in [2.75, 3.05) is 12.3 Å². The van der Waals surface area contributed by atoms with Crippen molar-refractivity contribution in [1.29, 1.82) is 0 Å². The van der Waals surface area contributed by atoms with Gasteiger partial charge in [-0.25, -0.2) is 18.7 Å². The van der Waals surface area contributed by atoms with Crippen molar-refractivity contribution in [2.45, 2.75) is 19.5 Å². The number of rotatable bonds is 3. The highest BCUT2D eigenvalue weighted by molar-refractivity contribution is 5.92. The van der Waals surface area contributed by atoms with E-state index in [1.54, 1.807) is 6.20 Å². The fraction of sp³-hybridized carbons (Fsp3) is 0.222. The van der Waals surface area contributed by atoms with Gasteiger partial charge in [0.1, 0.15) is 0 Å². The molecule has 0 bridgehead atoms. The molecule has 0 amide bonds. The number of pyridine rings is 1. The highest BCUT2D eigenvalue weighted by Gasteiger charge is 2.20. The maximum absolute atomic E-state index is 13.7. The maximum Gasteiger partial charge on any atom is 0.223 e. The Morgan fingerprint density at radius 1 is 1.11 bits per heavy atom. The van der Waals surface area contributed by atoms with Crippen LogP contribution in [-0.4, -0.2) is 36.0 Å². The number of anilines is 1. The Labute approximate surface area is 152 Å². The lowest BCUT2D eigenvalue weighted by atomic mass is 10.2. The van der Waals surface area contributed by atoms with Crippen LogP contribution in [0.25, 0.3) is 16.6 Å². The topological polar surface area (TPSA) is 85.2 Å². The number of nitrogens with zero attached hydrogens (tertiary/aromatic N) is 6. The molecule has 0 radical (unpaired) electrons. The first-order chi connectivity index (χ1) is 13.1. The van der Waals surface area contributed by atoms with E-state index in [4.69, 9.17) is 5.73 Å². The van der Waals surface area contributed by atoms with Crippen LogP contribution in [0, 0.1) is 11.6 Å². The van der Waals surface area contributed by atoms with Crippen LogP contribution >= 0.6 is 0 Å². The van der Waals surface area contributed by atoms with Gasteiger partial charge in [0.2, 0.25) is 5.95 Å². The lowest BCUT2D eigenvalue weighted by molar-refractivity contribution is 0.284. The van der Waals surface area contributed by atoms with Gasteiger partial charge < -0.3 is 5.73 Å². The fourth-order valence-corrected chi connectivity index (χ4v) is 3.46. The molecule has 4 aromatic rings. The number of fused-ring (bicyclic) bond motifs is 4. The molecule has 3 aromatic heterocycles. The first-order valence-electron chi connectivity index (χ1n) is 8.53. The second-order valence-electron chi connectivity index (χ2n) is 6.59. The van der Waals surface area contributed by atoms with E-state index >= 15 is 0 Å². The third-order valence-electron chi connectivity index (χ3n) is 4.79. The molecule has 0 fully saturated rings. The summed E-state index contributed by atoms with van der Waals surface area (Å²) < 4.78 is 28.5. The van der Waals surface area contributed by atoms with Crippen LogP contribution in [0.1, 0.15) is 17.1 Å². The molecule has 0 atom stereocenters. The van der Waals surface area contributed by atoms with Crippen LogP contribution < -0.4 is 5.73 Å². The molecule has 0 saturated heterocycles. The van der Waals surface area contributed by atoms with E-state index in [2.05, 4.69) is 31.0 Å². The van der Waals surface area contributed by atoms with Gasteiger partial charge in [-0.2, -0.15) is 4.52 Å². The lowest BCUT2D eigenvalue weighted by Crippen LogP contribution is -2.20. The summed E-state index contributed by atoms with van der Waals surface area (Å²) >= 11 is 0. The minimum absolute atomic E-state index is 0.0834. The quantitative estimate of drug-likeness (QED) is 0.597. The standard InChI is InChI=1S/C18H15F2N7/c19-12-6-11-14(7-13(12)20)23-18(21)27-17(11)24-16(25-27)3-5-26-8-10-2-1-4-22-15(10)9-26/h1-2,4,6-7H,3,5,8-9H2,(H2,21,23). The van der Waals surface area contributed by atoms with Crippen LogP contribution in [0.3, 0.4) is 0 Å². The summed E-state index contributed by atoms with van der Waals surface area (Å²) in [5, 5.41) is 4.76. The Morgan fingerprint density at radius 2 is 1.96 bits per heavy atom. The molecule has 1 aromatic carbocycles. The number of nitrogens with two attached hydrogens (primary N) is 1. The van der Waals surface area contributed by atoms with Crippen LogP contribution in [0.2, 0.25) is 0 Å². The molecule has 1 aliphatic heterocycles. The lowest BCUT2D eigenvalue weighted by Gasteiger charge is -2.12. The van der Waals surface area contributed by atoms with Gasteiger partial charge in [0.25, 0.3) is 0 Å². The molecule has 0 spiro atoms. The third kappa shape index (κ3) is 2.67. The minimum atomic E-state index is -0.972. The van der Waals surface area contributed by atoms with E-state index in [9.17, 15) is 8.78 Å². The van der Waals surface area contributed by atoms with E-state index in [1.165, 1.54) is 10.1 Å². The van der Waals surface area contributed by atoms with E-state index < -0.39 is 11.6 Å². The van der Waals surface area contributed by atoms with Crippen LogP contribution in [-0.2, 0) is 19.5 Å². The Bertz CT molecular complexity index is 1160. The highest BCUT2D eigenvalue weighted by atomic mass is 19.2. The number of aromatic nitrogens is 5. The Balaban J connectivity index is 1.44. The van der Waals surface area contributed by atoms with Crippen molar-refractivity contribution in [2.24, 2.45) is 0 Å². The van der Waals surface area contributed by atoms with Crippen LogP contribution in [0.5, 0.6) is 0 Å². The van der Waals surface area contributed by atoms with Crippen LogP contribution in [0.15, 0.2) is 30.5 Å². The van der Waals surface area contributed by atoms with Gasteiger partial charge in [0.15, 0.2) is 23.1 Å². The summed E-state index contributed by atoms with van der Waals surface area (Å²) in [7, 11) is 0. The smallest absolute Gasteiger partial charge is 0.223 e. The predicted molar refractivity (Wildman–Crippen MR) is 94.7 cm³/mol. The summed E-state index contributed by atoms with van der Waals surface area (Å²) in [5.74, 6) is -1.27. The molecular weight excluding hydrogens is 352 g/mol. The molecule has 9 heteroatoms. The fourth-order valence-electron chi connectivity index (χ4n) is 3.46. The van der Waals surface area contributed by atoms with E-state index in [-0.39, 0.29) is 11.5 Å². The molecule has 2 N–H and O–H groups in total. The summed E-state index contributed by atoms with van der Waals surface area (Å²) in [6.07, 6.45) is 2.40. The van der Waals surface area contributed by atoms with E-state index in [0.717, 1.165) is 37.5 Å². The molecule has 1 aliphatic rings. The van der Waals surface area contributed by atoms with Crippen molar-refractivity contribution in [3.8, 4) is 0 Å². The van der Waals surface area contributed by atoms with Crippen molar-refractivity contribution >= 4 is 22.5 Å². The number of hydrogen-bond donors (Lipinski definition) is 1. The molecule has 0 saturated carbocycles. The summed E-state index contributed by atoms with van der Waals surface area (Å²) in [4.78, 5) is 15.2. The predicted octanol–water partition coefficient (Wildman–Crippen LogP) is 2.09. The first-order valence-corrected chi connectivity index (χ1v) is 8.53. The Morgan fingerprint density at radius 3 is 2.81 bits per heavy atom. The van der Waals surface area contributed by atoms with Gasteiger partial charge in [-0.15, -0.1) is 5.10 Å². The van der Waals surface area contributed by atoms with Gasteiger partial charge >= 0.3 is 0 Å². The number of halogens is 2. The number of benzene rings is 1. The minimum Gasteiger partial charge on any atom is -0.368 e. The summed E-state index contributed by atoms with van der Waals surface area (Å²) in [6.45, 7) is 2.38. The van der Waals surface area contributed by atoms with Gasteiger partial charge in [-0.3, -0.25) is 9.88 Å². The monoisotopic (exact) mass is 367 g/mol. The molecule has 0 aliphatic carbocycles. The maximum atomic E-state index is 13.7. The third-order valence-corrected chi connectivity index (χ3v) is 4.79. The molecule has 7 nitrogen and oxygen atoms in total. The zero-order valence-electron chi connectivity index (χ0n) is 14.2. The van der Waals surface area contributed by atoms with Crippen molar-refractivity contribution in [3.63, 3.8) is 0 Å². The zero-order chi connectivity index (χ0) is 18.5. The van der Waals surface area contributed by atoms with Crippen molar-refractivity contribution in [1.82, 2.24) is 29.5 Å². The molecule has 136 valence electrons. The molecular formula is C18H15F2N7. The van der Waals surface area contributed by atoms with E-state index in [1.807, 2.05) is 6.07 Å². The normalized spacial score (nSPS) is 14.3. The SMILES string of the molecule is Nc1nc2cc(F)c(F)cc2c2nc(CCN3Cc4cccnc4C3)nn12. The number of nitrogen functional groups attached to an aromatic ring is 1. The average molecular weight is 367 g/mol. The van der Waals surface area contributed by atoms with Gasteiger partial charge in [0.05, 0.1) is 11.2 Å². The van der Waals surface area contributed by atoms with Gasteiger partial charge in [-0.1, -0.05) is 6.07 Å². The molecule has 4 heterocycles. The Kier molecular flexibility index (Phi) is 3.51. The van der Waals surface area contributed by atoms with Crippen molar-refractivity contribution in [3.05, 3.63) is 59.2 Å². The number of hydrogen-bond acceptors (Lipinski definition) is 6. The Hall–Kier alpha value is -3.20. The second kappa shape index (κ2) is 5.92. The van der Waals surface area contributed by atoms with Crippen LogP contribution in [0.4, 0.5) is 14.7 Å². The second-order valence-corrected chi connectivity index (χ2v) is 6.59. The highest BCUT2D eigenvalue weighted by Crippen LogP contribution is 2.23. The van der Waals surface area contributed by atoms with Gasteiger partial charge in [-0.05, 0) is 17.7 Å². The molecule has 27 heavy (non-hydrogen) atoms. The largest absolute Gasteiger partial charge is 0.368 e. The van der Waals surface area contributed by atoms with Crippen molar-refractivity contribution < 1.29 is 8.78 Å². The molecule has 0 unspecified atom stereocenters. The van der Waals surface area contributed by atoms with E-state index in [0.29, 0.717) is 23.3 Å². The first kappa shape index (κ1) is 16.0. The average Bonchev–Trinajstić information content (AvgIpc) is 3.26. The zero-order valence-corrected chi connectivity index (χ0v) is 14.2. The summed E-state index contributed by atoms with van der Waals surface area (Å²) in [5.41, 5.74) is 8.86. The molecule has 5 rings (SSSR count).